The third-order valence-electron chi connectivity index (χ3n) is 12.2. The van der Waals surface area contributed by atoms with E-state index in [1.54, 1.807) is 0 Å². The van der Waals surface area contributed by atoms with Crippen LogP contribution < -0.4 is 0 Å². The molecule has 0 spiro atoms. The molecular weight excluding hydrogens is 847 g/mol. The summed E-state index contributed by atoms with van der Waals surface area (Å²) in [6.45, 7) is 28.0. The van der Waals surface area contributed by atoms with Gasteiger partial charge in [-0.25, -0.2) is 0 Å². The van der Waals surface area contributed by atoms with Crippen molar-refractivity contribution in [3.05, 3.63) is 99.8 Å². The molecule has 0 aliphatic heterocycles. The van der Waals surface area contributed by atoms with Gasteiger partial charge in [-0.3, -0.25) is 9.78 Å². The molecule has 285 valence electrons. The molecule has 2 aromatic heterocycles. The van der Waals surface area contributed by atoms with Gasteiger partial charge >= 0.3 is 0 Å². The Morgan fingerprint density at radius 1 is 0.906 bits per heavy atom. The van der Waals surface area contributed by atoms with Crippen molar-refractivity contribution >= 4 is 38.1 Å². The first-order valence-electron chi connectivity index (χ1n) is 19.4. The van der Waals surface area contributed by atoms with Crippen LogP contribution in [0.2, 0.25) is 0 Å². The predicted octanol–water partition coefficient (Wildman–Crippen LogP) is 14.0. The second-order valence-corrected chi connectivity index (χ2v) is 17.8. The Kier molecular flexibility index (Phi) is 13.1. The molecule has 0 saturated heterocycles. The van der Waals surface area contributed by atoms with Crippen LogP contribution in [-0.4, -0.2) is 15.9 Å². The van der Waals surface area contributed by atoms with Gasteiger partial charge in [-0.05, 0) is 115 Å². The molecule has 0 bridgehead atoms. The third kappa shape index (κ3) is 8.00. The average Bonchev–Trinajstić information content (AvgIpc) is 3.59. The molecule has 0 fully saturated rings. The van der Waals surface area contributed by atoms with Crippen molar-refractivity contribution in [2.45, 2.75) is 128 Å². The quantitative estimate of drug-likeness (QED) is 0.0863. The fourth-order valence-corrected chi connectivity index (χ4v) is 9.39. The van der Waals surface area contributed by atoms with E-state index in [0.29, 0.717) is 5.92 Å². The number of aromatic nitrogens is 1. The number of rotatable bonds is 10. The number of aliphatic hydroxyl groups excluding tert-OH is 1. The Bertz CT molecular complexity index is 2160. The van der Waals surface area contributed by atoms with E-state index in [2.05, 4.69) is 103 Å². The summed E-state index contributed by atoms with van der Waals surface area (Å²) in [7, 11) is 0. The second kappa shape index (κ2) is 16.3. The van der Waals surface area contributed by atoms with Gasteiger partial charge in [-0.2, -0.15) is 0 Å². The zero-order valence-corrected chi connectivity index (χ0v) is 37.6. The summed E-state index contributed by atoms with van der Waals surface area (Å²) >= 11 is 1.94. The topological polar surface area (TPSA) is 50.2 Å². The van der Waals surface area contributed by atoms with Crippen LogP contribution in [0.4, 0.5) is 0 Å². The molecule has 1 aliphatic rings. The molecule has 0 amide bonds. The van der Waals surface area contributed by atoms with Crippen LogP contribution in [0, 0.1) is 43.6 Å². The number of fused-ring (bicyclic) bond motifs is 6. The summed E-state index contributed by atoms with van der Waals surface area (Å²) < 4.78 is 1.39. The molecule has 0 saturated carbocycles. The molecule has 5 heteroatoms. The van der Waals surface area contributed by atoms with Crippen molar-refractivity contribution in [1.29, 1.82) is 0 Å². The van der Waals surface area contributed by atoms with Crippen molar-refractivity contribution in [3.8, 4) is 21.7 Å². The molecule has 0 atom stereocenters. The Labute approximate surface area is 337 Å². The number of aryl methyl sites for hydroxylation is 3. The molecule has 1 N–H and O–H groups in total. The molecule has 1 radical (unpaired) electrons. The van der Waals surface area contributed by atoms with Crippen LogP contribution in [0.1, 0.15) is 128 Å². The van der Waals surface area contributed by atoms with Gasteiger partial charge in [0.05, 0.1) is 5.52 Å². The van der Waals surface area contributed by atoms with E-state index in [1.165, 1.54) is 65.4 Å². The van der Waals surface area contributed by atoms with Crippen molar-refractivity contribution in [1.82, 2.24) is 4.98 Å². The molecular formula is C48H60IrNO2S-. The Morgan fingerprint density at radius 2 is 1.53 bits per heavy atom. The molecule has 53 heavy (non-hydrogen) atoms. The molecule has 5 aromatic rings. The maximum atomic E-state index is 12.2. The number of hydrogen-bond donors (Lipinski definition) is 1. The van der Waals surface area contributed by atoms with Crippen LogP contribution in [0.25, 0.3) is 42.7 Å². The van der Waals surface area contributed by atoms with Gasteiger partial charge < -0.3 is 5.11 Å². The summed E-state index contributed by atoms with van der Waals surface area (Å²) in [5.41, 5.74) is 12.0. The first-order valence-corrected chi connectivity index (χ1v) is 20.2. The number of carbonyl (C=O) groups excluding carboxylic acids is 1. The standard InChI is InChI=1S/C33H32NS.C15H28O2.Ir/c1-18(2)13-22-11-12-28-25(17-22)31-32(35-28)24-10-8-9-23(30(24)33(31,6)7)26-16-21(5)29-20(4)14-19(3)15-27(29)34-26;1-7-14(5,8-2)12(16)11-13(17)15(6,9-3)10-4;/h8,10-12,14-18H,13H2,1-7H3;11,16H,7-10H2,1-6H3;/q-1;;/b;12-11-;. The van der Waals surface area contributed by atoms with E-state index in [4.69, 9.17) is 4.98 Å². The van der Waals surface area contributed by atoms with Crippen LogP contribution in [0.15, 0.2) is 60.4 Å². The summed E-state index contributed by atoms with van der Waals surface area (Å²) in [5, 5.41) is 12.8. The van der Waals surface area contributed by atoms with E-state index in [1.807, 2.05) is 52.9 Å². The van der Waals surface area contributed by atoms with E-state index in [-0.39, 0.29) is 47.9 Å². The number of ketones is 1. The average molecular weight is 907 g/mol. The van der Waals surface area contributed by atoms with E-state index in [0.717, 1.165) is 48.9 Å². The van der Waals surface area contributed by atoms with Gasteiger partial charge in [0.1, 0.15) is 5.76 Å². The van der Waals surface area contributed by atoms with Gasteiger partial charge in [0.2, 0.25) is 0 Å². The number of allylic oxidation sites excluding steroid dienone is 2. The smallest absolute Gasteiger partial charge is 0.164 e. The molecule has 3 aromatic carbocycles. The zero-order chi connectivity index (χ0) is 38.3. The number of pyridine rings is 1. The van der Waals surface area contributed by atoms with Crippen LogP contribution in [0.3, 0.4) is 0 Å². The molecule has 2 heterocycles. The van der Waals surface area contributed by atoms with Crippen LogP contribution in [0.5, 0.6) is 0 Å². The minimum Gasteiger partial charge on any atom is -0.512 e. The van der Waals surface area contributed by atoms with Gasteiger partial charge in [0.15, 0.2) is 5.78 Å². The van der Waals surface area contributed by atoms with Crippen molar-refractivity contribution < 1.29 is 30.0 Å². The van der Waals surface area contributed by atoms with Gasteiger partial charge in [-0.15, -0.1) is 40.7 Å². The zero-order valence-electron chi connectivity index (χ0n) is 34.4. The largest absolute Gasteiger partial charge is 0.512 e. The Hall–Kier alpha value is -3.11. The van der Waals surface area contributed by atoms with E-state index < -0.39 is 0 Å². The van der Waals surface area contributed by atoms with E-state index in [9.17, 15) is 9.90 Å². The first kappa shape index (κ1) is 42.6. The maximum absolute atomic E-state index is 12.2. The Morgan fingerprint density at radius 3 is 2.13 bits per heavy atom. The fourth-order valence-electron chi connectivity index (χ4n) is 8.01. The predicted molar refractivity (Wildman–Crippen MR) is 225 cm³/mol. The number of thiophene rings is 1. The fraction of sp³-hybridized carbons (Fsp3) is 0.458. The normalized spacial score (nSPS) is 13.8. The summed E-state index contributed by atoms with van der Waals surface area (Å²) in [4.78, 5) is 18.8. The number of carbonyl (C=O) groups is 1. The Balaban J connectivity index is 0.000000299. The number of aliphatic hydroxyl groups is 1. The number of hydrogen-bond acceptors (Lipinski definition) is 4. The molecule has 6 rings (SSSR count). The monoisotopic (exact) mass is 907 g/mol. The third-order valence-corrected chi connectivity index (χ3v) is 13.4. The minimum absolute atomic E-state index is 0. The molecule has 1 aliphatic carbocycles. The molecule has 3 nitrogen and oxygen atoms in total. The van der Waals surface area contributed by atoms with Crippen molar-refractivity contribution in [3.63, 3.8) is 0 Å². The first-order chi connectivity index (χ1) is 24.4. The molecule has 0 unspecified atom stereocenters. The number of nitrogens with zero attached hydrogens (tertiary/aromatic N) is 1. The van der Waals surface area contributed by atoms with Crippen molar-refractivity contribution in [2.75, 3.05) is 0 Å². The SMILES string of the molecule is CCC(C)(CC)C(=O)/C=C(\O)C(C)(CC)CC.Cc1cc(C)c2c(C)cc(-c3[c-]ccc4c3C(C)(C)c3c-4sc4ccc(CC(C)C)cc34)nc2c1.[Ir]. The summed E-state index contributed by atoms with van der Waals surface area (Å²) in [6, 6.07) is 21.8. The van der Waals surface area contributed by atoms with E-state index >= 15 is 0 Å². The van der Waals surface area contributed by atoms with Crippen LogP contribution in [-0.2, 0) is 36.7 Å². The maximum Gasteiger partial charge on any atom is 0.164 e. The van der Waals surface area contributed by atoms with Gasteiger partial charge in [0, 0.05) is 52.0 Å². The van der Waals surface area contributed by atoms with Crippen molar-refractivity contribution in [2.24, 2.45) is 16.7 Å². The summed E-state index contributed by atoms with van der Waals surface area (Å²) in [6.07, 6.45) is 5.87. The van der Waals surface area contributed by atoms with Crippen LogP contribution >= 0.6 is 11.3 Å². The number of benzene rings is 3. The second-order valence-electron chi connectivity index (χ2n) is 16.7. The summed E-state index contributed by atoms with van der Waals surface area (Å²) in [5.74, 6) is 0.939. The van der Waals surface area contributed by atoms with Gasteiger partial charge in [0.25, 0.3) is 0 Å². The minimum atomic E-state index is -0.337. The van der Waals surface area contributed by atoms with Gasteiger partial charge in [-0.1, -0.05) is 99.1 Å².